The quantitative estimate of drug-likeness (QED) is 0.658. The van der Waals surface area contributed by atoms with Crippen molar-refractivity contribution in [1.82, 2.24) is 10.3 Å². The molecule has 0 radical (unpaired) electrons. The molecule has 0 aromatic carbocycles. The molecule has 0 saturated carbocycles. The van der Waals surface area contributed by atoms with Crippen LogP contribution in [0.2, 0.25) is 0 Å². The van der Waals surface area contributed by atoms with Crippen LogP contribution in [0.1, 0.15) is 19.0 Å². The summed E-state index contributed by atoms with van der Waals surface area (Å²) in [5.41, 5.74) is 1.000. The van der Waals surface area contributed by atoms with Gasteiger partial charge in [0.15, 0.2) is 0 Å². The first-order valence-corrected chi connectivity index (χ1v) is 5.26. The third-order valence-electron chi connectivity index (χ3n) is 1.89. The Balaban J connectivity index is 2.35. The molecule has 1 rings (SSSR count). The van der Waals surface area contributed by atoms with Gasteiger partial charge in [0.1, 0.15) is 12.4 Å². The Kier molecular flexibility index (Phi) is 5.73. The molecule has 0 aliphatic heterocycles. The highest BCUT2D eigenvalue weighted by Gasteiger charge is 1.96. The fourth-order valence-corrected chi connectivity index (χ4v) is 1.16. The number of ether oxygens (including phenoxy) is 1. The van der Waals surface area contributed by atoms with Gasteiger partial charge < -0.3 is 15.2 Å². The van der Waals surface area contributed by atoms with Gasteiger partial charge in [0.05, 0.1) is 18.5 Å². The number of hydrogen-bond acceptors (Lipinski definition) is 4. The molecule has 0 atom stereocenters. The van der Waals surface area contributed by atoms with Crippen LogP contribution in [0.5, 0.6) is 5.75 Å². The second-order valence-corrected chi connectivity index (χ2v) is 3.23. The first-order chi connectivity index (χ1) is 7.36. The van der Waals surface area contributed by atoms with Crippen LogP contribution in [0.25, 0.3) is 0 Å². The fourth-order valence-electron chi connectivity index (χ4n) is 1.16. The summed E-state index contributed by atoms with van der Waals surface area (Å²) in [5, 5.41) is 11.8. The Morgan fingerprint density at radius 1 is 1.47 bits per heavy atom. The van der Waals surface area contributed by atoms with Gasteiger partial charge in [-0.05, 0) is 25.1 Å². The third kappa shape index (κ3) is 4.76. The molecule has 1 aromatic rings. The predicted octanol–water partition coefficient (Wildman–Crippen LogP) is 0.952. The van der Waals surface area contributed by atoms with Crippen LogP contribution in [0, 0.1) is 0 Å². The summed E-state index contributed by atoms with van der Waals surface area (Å²) < 4.78 is 5.20. The van der Waals surface area contributed by atoms with Crippen LogP contribution in [-0.2, 0) is 6.54 Å². The highest BCUT2D eigenvalue weighted by molar-refractivity contribution is 5.19. The van der Waals surface area contributed by atoms with E-state index in [0.717, 1.165) is 25.2 Å². The molecule has 0 bridgehead atoms. The molecule has 0 saturated heterocycles. The molecule has 84 valence electrons. The van der Waals surface area contributed by atoms with Gasteiger partial charge in [0.2, 0.25) is 0 Å². The molecular formula is C11H18N2O2. The van der Waals surface area contributed by atoms with Gasteiger partial charge in [-0.2, -0.15) is 0 Å². The highest BCUT2D eigenvalue weighted by Crippen LogP contribution is 2.08. The van der Waals surface area contributed by atoms with Gasteiger partial charge in [-0.3, -0.25) is 4.98 Å². The van der Waals surface area contributed by atoms with E-state index in [1.165, 1.54) is 0 Å². The van der Waals surface area contributed by atoms with Crippen LogP contribution in [-0.4, -0.2) is 29.8 Å². The van der Waals surface area contributed by atoms with Crippen molar-refractivity contribution in [2.75, 3.05) is 19.8 Å². The van der Waals surface area contributed by atoms with Crippen LogP contribution in [0.3, 0.4) is 0 Å². The van der Waals surface area contributed by atoms with E-state index in [9.17, 15) is 0 Å². The second-order valence-electron chi connectivity index (χ2n) is 3.23. The first-order valence-electron chi connectivity index (χ1n) is 5.26. The lowest BCUT2D eigenvalue weighted by Gasteiger charge is -2.05. The molecule has 0 aliphatic carbocycles. The van der Waals surface area contributed by atoms with Crippen LogP contribution < -0.4 is 10.1 Å². The number of hydrogen-bond donors (Lipinski definition) is 2. The minimum Gasteiger partial charge on any atom is -0.490 e. The number of aromatic nitrogens is 1. The van der Waals surface area contributed by atoms with E-state index in [4.69, 9.17) is 9.84 Å². The van der Waals surface area contributed by atoms with Crippen molar-refractivity contribution in [3.63, 3.8) is 0 Å². The maximum atomic E-state index is 8.57. The lowest BCUT2D eigenvalue weighted by atomic mass is 10.3. The topological polar surface area (TPSA) is 54.4 Å². The number of nitrogens with zero attached hydrogens (tertiary/aromatic N) is 1. The molecular weight excluding hydrogens is 192 g/mol. The zero-order valence-corrected chi connectivity index (χ0v) is 9.07. The van der Waals surface area contributed by atoms with E-state index < -0.39 is 0 Å². The van der Waals surface area contributed by atoms with Gasteiger partial charge in [0, 0.05) is 6.54 Å². The van der Waals surface area contributed by atoms with Crippen molar-refractivity contribution in [3.8, 4) is 5.75 Å². The number of rotatable bonds is 7. The van der Waals surface area contributed by atoms with E-state index in [1.54, 1.807) is 6.20 Å². The predicted molar refractivity (Wildman–Crippen MR) is 58.8 cm³/mol. The Morgan fingerprint density at radius 2 is 2.33 bits per heavy atom. The molecule has 0 spiro atoms. The van der Waals surface area contributed by atoms with E-state index in [-0.39, 0.29) is 6.61 Å². The van der Waals surface area contributed by atoms with E-state index in [0.29, 0.717) is 12.4 Å². The minimum absolute atomic E-state index is 0.0276. The molecule has 4 nitrogen and oxygen atoms in total. The van der Waals surface area contributed by atoms with E-state index in [2.05, 4.69) is 17.2 Å². The molecule has 1 heterocycles. The largest absolute Gasteiger partial charge is 0.490 e. The average molecular weight is 210 g/mol. The molecule has 0 fully saturated rings. The Labute approximate surface area is 90.3 Å². The standard InChI is InChI=1S/C11H18N2O2/c1-2-5-12-8-10-3-4-11(9-13-10)15-7-6-14/h3-4,9,12,14H,2,5-8H2,1H3. The summed E-state index contributed by atoms with van der Waals surface area (Å²) in [7, 11) is 0. The molecule has 0 unspecified atom stereocenters. The summed E-state index contributed by atoms with van der Waals surface area (Å²) in [5.74, 6) is 0.697. The Bertz CT molecular complexity index is 262. The Morgan fingerprint density at radius 3 is 2.93 bits per heavy atom. The van der Waals surface area contributed by atoms with Crippen molar-refractivity contribution in [1.29, 1.82) is 0 Å². The normalized spacial score (nSPS) is 10.3. The summed E-state index contributed by atoms with van der Waals surface area (Å²) >= 11 is 0. The third-order valence-corrected chi connectivity index (χ3v) is 1.89. The molecule has 0 amide bonds. The number of nitrogens with one attached hydrogen (secondary N) is 1. The lowest BCUT2D eigenvalue weighted by molar-refractivity contribution is 0.201. The van der Waals surface area contributed by atoms with Crippen molar-refractivity contribution in [2.45, 2.75) is 19.9 Å². The van der Waals surface area contributed by atoms with Crippen LogP contribution >= 0.6 is 0 Å². The summed E-state index contributed by atoms with van der Waals surface area (Å²) in [6.07, 6.45) is 2.80. The van der Waals surface area contributed by atoms with Crippen molar-refractivity contribution >= 4 is 0 Å². The number of pyridine rings is 1. The van der Waals surface area contributed by atoms with Gasteiger partial charge in [-0.15, -0.1) is 0 Å². The molecule has 2 N–H and O–H groups in total. The lowest BCUT2D eigenvalue weighted by Crippen LogP contribution is -2.14. The summed E-state index contributed by atoms with van der Waals surface area (Å²) in [6.45, 7) is 4.26. The van der Waals surface area contributed by atoms with E-state index >= 15 is 0 Å². The van der Waals surface area contributed by atoms with Gasteiger partial charge in [-0.1, -0.05) is 6.92 Å². The Hall–Kier alpha value is -1.13. The first kappa shape index (κ1) is 11.9. The zero-order valence-electron chi connectivity index (χ0n) is 9.07. The number of aliphatic hydroxyl groups is 1. The van der Waals surface area contributed by atoms with Crippen molar-refractivity contribution in [2.24, 2.45) is 0 Å². The molecule has 15 heavy (non-hydrogen) atoms. The minimum atomic E-state index is 0.0276. The van der Waals surface area contributed by atoms with Crippen molar-refractivity contribution in [3.05, 3.63) is 24.0 Å². The highest BCUT2D eigenvalue weighted by atomic mass is 16.5. The van der Waals surface area contributed by atoms with Crippen LogP contribution in [0.4, 0.5) is 0 Å². The fraction of sp³-hybridized carbons (Fsp3) is 0.545. The van der Waals surface area contributed by atoms with Gasteiger partial charge >= 0.3 is 0 Å². The molecule has 4 heteroatoms. The van der Waals surface area contributed by atoms with Gasteiger partial charge in [-0.25, -0.2) is 0 Å². The smallest absolute Gasteiger partial charge is 0.137 e. The summed E-state index contributed by atoms with van der Waals surface area (Å²) in [6, 6.07) is 3.79. The van der Waals surface area contributed by atoms with Gasteiger partial charge in [0.25, 0.3) is 0 Å². The maximum Gasteiger partial charge on any atom is 0.137 e. The number of aliphatic hydroxyl groups excluding tert-OH is 1. The molecule has 0 aliphatic rings. The second kappa shape index (κ2) is 7.20. The van der Waals surface area contributed by atoms with Crippen molar-refractivity contribution < 1.29 is 9.84 Å². The zero-order chi connectivity index (χ0) is 10.9. The molecule has 1 aromatic heterocycles. The van der Waals surface area contributed by atoms with Crippen LogP contribution in [0.15, 0.2) is 18.3 Å². The monoisotopic (exact) mass is 210 g/mol. The average Bonchev–Trinajstić information content (AvgIpc) is 2.28. The van der Waals surface area contributed by atoms with E-state index in [1.807, 2.05) is 12.1 Å². The maximum absolute atomic E-state index is 8.57. The summed E-state index contributed by atoms with van der Waals surface area (Å²) in [4.78, 5) is 4.23. The SMILES string of the molecule is CCCNCc1ccc(OCCO)cn1.